The molecule has 70 valence electrons. The van der Waals surface area contributed by atoms with Gasteiger partial charge in [-0.05, 0) is 31.4 Å². The Morgan fingerprint density at radius 2 is 2.23 bits per heavy atom. The highest BCUT2D eigenvalue weighted by Crippen LogP contribution is 2.21. The third-order valence-corrected chi connectivity index (χ3v) is 2.39. The lowest BCUT2D eigenvalue weighted by atomic mass is 9.93. The number of aromatic nitrogens is 2. The van der Waals surface area contributed by atoms with Crippen molar-refractivity contribution in [2.24, 2.45) is 5.73 Å². The molecule has 0 unspecified atom stereocenters. The van der Waals surface area contributed by atoms with Gasteiger partial charge in [0.15, 0.2) is 0 Å². The van der Waals surface area contributed by atoms with Crippen LogP contribution in [0.1, 0.15) is 25.0 Å². The molecule has 0 saturated heterocycles. The van der Waals surface area contributed by atoms with Crippen LogP contribution in [0.2, 0.25) is 0 Å². The first-order valence-electron chi connectivity index (χ1n) is 4.67. The van der Waals surface area contributed by atoms with Gasteiger partial charge in [0.25, 0.3) is 0 Å². The minimum atomic E-state index is 0.455. The first-order chi connectivity index (χ1) is 6.38. The van der Waals surface area contributed by atoms with E-state index in [1.54, 1.807) is 0 Å². The van der Waals surface area contributed by atoms with Crippen molar-refractivity contribution in [1.29, 1.82) is 0 Å². The van der Waals surface area contributed by atoms with Gasteiger partial charge in [0.1, 0.15) is 5.82 Å². The van der Waals surface area contributed by atoms with Crippen molar-refractivity contribution in [3.63, 3.8) is 0 Å². The van der Waals surface area contributed by atoms with Crippen molar-refractivity contribution >= 4 is 5.82 Å². The molecule has 0 bridgehead atoms. The van der Waals surface area contributed by atoms with E-state index in [9.17, 15) is 0 Å². The van der Waals surface area contributed by atoms with Gasteiger partial charge in [0, 0.05) is 12.6 Å². The number of nitrogens with one attached hydrogen (secondary N) is 1. The highest BCUT2D eigenvalue weighted by Gasteiger charge is 2.17. The van der Waals surface area contributed by atoms with Crippen molar-refractivity contribution in [2.75, 3.05) is 5.32 Å². The molecule has 0 radical (unpaired) electrons. The molecule has 4 nitrogen and oxygen atoms in total. The molecule has 0 atom stereocenters. The molecule has 0 spiro atoms. The van der Waals surface area contributed by atoms with Crippen molar-refractivity contribution in [3.8, 4) is 0 Å². The fraction of sp³-hybridized carbons (Fsp3) is 0.556. The molecular formula is C9H14N4. The maximum atomic E-state index is 5.42. The highest BCUT2D eigenvalue weighted by molar-refractivity contribution is 5.34. The van der Waals surface area contributed by atoms with E-state index in [2.05, 4.69) is 15.5 Å². The molecular weight excluding hydrogens is 164 g/mol. The highest BCUT2D eigenvalue weighted by atomic mass is 15.2. The van der Waals surface area contributed by atoms with Gasteiger partial charge in [-0.1, -0.05) is 0 Å². The zero-order chi connectivity index (χ0) is 9.10. The van der Waals surface area contributed by atoms with Crippen LogP contribution < -0.4 is 11.1 Å². The number of hydrogen-bond acceptors (Lipinski definition) is 4. The molecule has 1 aromatic heterocycles. The first kappa shape index (κ1) is 8.44. The summed E-state index contributed by atoms with van der Waals surface area (Å²) < 4.78 is 0. The Labute approximate surface area is 77.5 Å². The Bertz CT molecular complexity index is 265. The molecule has 1 aliphatic rings. The van der Waals surface area contributed by atoms with E-state index in [0.29, 0.717) is 12.6 Å². The number of rotatable bonds is 3. The summed E-state index contributed by atoms with van der Waals surface area (Å²) in [4.78, 5) is 0. The van der Waals surface area contributed by atoms with Crippen molar-refractivity contribution in [3.05, 3.63) is 17.8 Å². The van der Waals surface area contributed by atoms with E-state index in [-0.39, 0.29) is 0 Å². The van der Waals surface area contributed by atoms with Crippen LogP contribution in [-0.4, -0.2) is 16.2 Å². The normalized spacial score (nSPS) is 16.7. The molecule has 2 rings (SSSR count). The fourth-order valence-corrected chi connectivity index (χ4v) is 1.31. The monoisotopic (exact) mass is 178 g/mol. The lowest BCUT2D eigenvalue weighted by Gasteiger charge is -2.26. The molecule has 0 aliphatic heterocycles. The number of nitrogens with zero attached hydrogens (tertiary/aromatic N) is 2. The minimum absolute atomic E-state index is 0.455. The average molecular weight is 178 g/mol. The Morgan fingerprint density at radius 3 is 2.69 bits per heavy atom. The van der Waals surface area contributed by atoms with Gasteiger partial charge in [-0.25, -0.2) is 0 Å². The fourth-order valence-electron chi connectivity index (χ4n) is 1.31. The summed E-state index contributed by atoms with van der Waals surface area (Å²) in [6.45, 7) is 0.455. The Hall–Kier alpha value is -1.16. The van der Waals surface area contributed by atoms with Crippen LogP contribution in [0.4, 0.5) is 5.82 Å². The van der Waals surface area contributed by atoms with Gasteiger partial charge >= 0.3 is 0 Å². The summed E-state index contributed by atoms with van der Waals surface area (Å²) >= 11 is 0. The summed E-state index contributed by atoms with van der Waals surface area (Å²) in [5, 5.41) is 11.3. The molecule has 1 saturated carbocycles. The quantitative estimate of drug-likeness (QED) is 0.721. The minimum Gasteiger partial charge on any atom is -0.366 e. The predicted octanol–water partition coefficient (Wildman–Crippen LogP) is 0.900. The average Bonchev–Trinajstić information content (AvgIpc) is 2.12. The second-order valence-electron chi connectivity index (χ2n) is 3.39. The molecule has 4 heteroatoms. The van der Waals surface area contributed by atoms with Crippen molar-refractivity contribution in [1.82, 2.24) is 10.2 Å². The van der Waals surface area contributed by atoms with Crippen molar-refractivity contribution in [2.45, 2.75) is 31.8 Å². The topological polar surface area (TPSA) is 63.8 Å². The molecule has 1 aromatic rings. The number of hydrogen-bond donors (Lipinski definition) is 2. The Balaban J connectivity index is 1.96. The molecule has 1 heterocycles. The van der Waals surface area contributed by atoms with E-state index in [1.807, 2.05) is 12.1 Å². The van der Waals surface area contributed by atoms with Crippen LogP contribution in [0.3, 0.4) is 0 Å². The molecule has 0 amide bonds. The van der Waals surface area contributed by atoms with E-state index >= 15 is 0 Å². The summed E-state index contributed by atoms with van der Waals surface area (Å²) in [7, 11) is 0. The zero-order valence-electron chi connectivity index (χ0n) is 7.53. The lowest BCUT2D eigenvalue weighted by molar-refractivity contribution is 0.444. The van der Waals surface area contributed by atoms with Crippen LogP contribution in [0.15, 0.2) is 12.1 Å². The van der Waals surface area contributed by atoms with Crippen LogP contribution in [0.5, 0.6) is 0 Å². The molecule has 1 fully saturated rings. The third-order valence-electron chi connectivity index (χ3n) is 2.39. The third kappa shape index (κ3) is 1.95. The van der Waals surface area contributed by atoms with E-state index in [4.69, 9.17) is 5.73 Å². The zero-order valence-corrected chi connectivity index (χ0v) is 7.53. The van der Waals surface area contributed by atoms with Gasteiger partial charge < -0.3 is 11.1 Å². The SMILES string of the molecule is NCc1ccc(NC2CCC2)nn1. The summed E-state index contributed by atoms with van der Waals surface area (Å²) in [6, 6.07) is 4.46. The van der Waals surface area contributed by atoms with Crippen LogP contribution in [0.25, 0.3) is 0 Å². The van der Waals surface area contributed by atoms with Gasteiger partial charge in [0.2, 0.25) is 0 Å². The number of nitrogens with two attached hydrogens (primary N) is 1. The van der Waals surface area contributed by atoms with Crippen molar-refractivity contribution < 1.29 is 0 Å². The molecule has 1 aliphatic carbocycles. The van der Waals surface area contributed by atoms with Gasteiger partial charge in [-0.15, -0.1) is 5.10 Å². The van der Waals surface area contributed by atoms with E-state index < -0.39 is 0 Å². The van der Waals surface area contributed by atoms with Crippen LogP contribution in [-0.2, 0) is 6.54 Å². The first-order valence-corrected chi connectivity index (χ1v) is 4.67. The van der Waals surface area contributed by atoms with Gasteiger partial charge in [-0.3, -0.25) is 0 Å². The molecule has 3 N–H and O–H groups in total. The largest absolute Gasteiger partial charge is 0.366 e. The maximum absolute atomic E-state index is 5.42. The van der Waals surface area contributed by atoms with E-state index in [0.717, 1.165) is 11.5 Å². The summed E-state index contributed by atoms with van der Waals surface area (Å²) in [5.74, 6) is 0.863. The van der Waals surface area contributed by atoms with Gasteiger partial charge in [0.05, 0.1) is 5.69 Å². The predicted molar refractivity (Wildman–Crippen MR) is 51.2 cm³/mol. The summed E-state index contributed by atoms with van der Waals surface area (Å²) in [5.41, 5.74) is 6.25. The van der Waals surface area contributed by atoms with Crippen LogP contribution in [0, 0.1) is 0 Å². The second-order valence-corrected chi connectivity index (χ2v) is 3.39. The van der Waals surface area contributed by atoms with Crippen LogP contribution >= 0.6 is 0 Å². The summed E-state index contributed by atoms with van der Waals surface area (Å²) in [6.07, 6.45) is 3.83. The van der Waals surface area contributed by atoms with E-state index in [1.165, 1.54) is 19.3 Å². The Kier molecular flexibility index (Phi) is 2.40. The van der Waals surface area contributed by atoms with Gasteiger partial charge in [-0.2, -0.15) is 5.10 Å². The number of anilines is 1. The lowest BCUT2D eigenvalue weighted by Crippen LogP contribution is -2.27. The molecule has 13 heavy (non-hydrogen) atoms. The standard InChI is InChI=1S/C9H14N4/c10-6-8-4-5-9(13-12-8)11-7-2-1-3-7/h4-5,7H,1-3,6,10H2,(H,11,13). The maximum Gasteiger partial charge on any atom is 0.148 e. The Morgan fingerprint density at radius 1 is 1.38 bits per heavy atom. The molecule has 0 aromatic carbocycles. The second kappa shape index (κ2) is 3.70. The smallest absolute Gasteiger partial charge is 0.148 e.